The Morgan fingerprint density at radius 1 is 1.29 bits per heavy atom. The molecule has 0 atom stereocenters. The summed E-state index contributed by atoms with van der Waals surface area (Å²) in [6, 6.07) is 7.40. The number of hydrogen-bond acceptors (Lipinski definition) is 6. The second kappa shape index (κ2) is 10.8. The van der Waals surface area contributed by atoms with E-state index in [0.717, 1.165) is 5.56 Å². The minimum Gasteiger partial charge on any atom is -0.496 e. The number of thiocarbonyl (C=S) groups is 1. The summed E-state index contributed by atoms with van der Waals surface area (Å²) in [4.78, 5) is 36.8. The van der Waals surface area contributed by atoms with Crippen molar-refractivity contribution in [1.82, 2.24) is 10.2 Å². The molecule has 0 saturated carbocycles. The van der Waals surface area contributed by atoms with Gasteiger partial charge in [0.15, 0.2) is 0 Å². The lowest BCUT2D eigenvalue weighted by molar-refractivity contribution is -0.137. The van der Waals surface area contributed by atoms with Gasteiger partial charge in [0.25, 0.3) is 5.91 Å². The van der Waals surface area contributed by atoms with E-state index in [2.05, 4.69) is 5.32 Å². The molecule has 1 aromatic rings. The van der Waals surface area contributed by atoms with E-state index in [-0.39, 0.29) is 24.7 Å². The van der Waals surface area contributed by atoms with Gasteiger partial charge in [-0.15, -0.1) is 0 Å². The van der Waals surface area contributed by atoms with Gasteiger partial charge in [-0.2, -0.15) is 0 Å². The van der Waals surface area contributed by atoms with Gasteiger partial charge in [0.05, 0.1) is 12.0 Å². The van der Waals surface area contributed by atoms with Crippen molar-refractivity contribution in [2.24, 2.45) is 0 Å². The first-order chi connectivity index (χ1) is 13.4. The number of nitrogens with one attached hydrogen (secondary N) is 1. The lowest BCUT2D eigenvalue weighted by Crippen LogP contribution is -2.31. The Labute approximate surface area is 173 Å². The lowest BCUT2D eigenvalue weighted by Gasteiger charge is -2.14. The van der Waals surface area contributed by atoms with Crippen molar-refractivity contribution in [2.75, 3.05) is 20.2 Å². The van der Waals surface area contributed by atoms with E-state index in [1.54, 1.807) is 13.2 Å². The Morgan fingerprint density at radius 2 is 2.04 bits per heavy atom. The summed E-state index contributed by atoms with van der Waals surface area (Å²) in [7, 11) is 1.57. The van der Waals surface area contributed by atoms with E-state index in [1.807, 2.05) is 24.3 Å². The normalized spacial score (nSPS) is 15.2. The highest BCUT2D eigenvalue weighted by Crippen LogP contribution is 2.34. The molecule has 1 aliphatic rings. The molecule has 2 N–H and O–H groups in total. The first kappa shape index (κ1) is 21.9. The minimum atomic E-state index is -0.884. The molecule has 0 unspecified atom stereocenters. The molecule has 150 valence electrons. The number of nitrogens with zero attached hydrogens (tertiary/aromatic N) is 1. The average Bonchev–Trinajstić information content (AvgIpc) is 2.93. The van der Waals surface area contributed by atoms with Crippen LogP contribution in [-0.4, -0.2) is 52.3 Å². The van der Waals surface area contributed by atoms with Gasteiger partial charge in [-0.25, -0.2) is 0 Å². The third kappa shape index (κ3) is 6.35. The van der Waals surface area contributed by atoms with Crippen LogP contribution in [0.4, 0.5) is 0 Å². The lowest BCUT2D eigenvalue weighted by atomic mass is 10.2. The van der Waals surface area contributed by atoms with Gasteiger partial charge < -0.3 is 15.2 Å². The monoisotopic (exact) mass is 422 g/mol. The van der Waals surface area contributed by atoms with Crippen LogP contribution in [0.15, 0.2) is 29.2 Å². The van der Waals surface area contributed by atoms with Gasteiger partial charge in [-0.1, -0.05) is 42.2 Å². The molecule has 1 fully saturated rings. The molecular formula is C19H22N2O5S2. The molecule has 1 aliphatic heterocycles. The number of amides is 2. The molecule has 28 heavy (non-hydrogen) atoms. The van der Waals surface area contributed by atoms with E-state index in [9.17, 15) is 14.4 Å². The predicted octanol–water partition coefficient (Wildman–Crippen LogP) is 2.66. The summed E-state index contributed by atoms with van der Waals surface area (Å²) in [5.74, 6) is -0.555. The van der Waals surface area contributed by atoms with Crippen molar-refractivity contribution in [3.63, 3.8) is 0 Å². The zero-order chi connectivity index (χ0) is 20.5. The average molecular weight is 423 g/mol. The summed E-state index contributed by atoms with van der Waals surface area (Å²) >= 11 is 6.53. The van der Waals surface area contributed by atoms with Crippen LogP contribution in [0, 0.1) is 0 Å². The molecule has 0 spiro atoms. The zero-order valence-corrected chi connectivity index (χ0v) is 17.1. The standard InChI is InChI=1S/C19H22N2O5S2/c1-26-14-7-3-2-6-13(14)12-15-18(25)21(19(27)28-15)11-5-8-16(22)20-10-4-9-17(23)24/h2-3,6-7,12H,4-5,8-11H2,1H3,(H,20,22)(H,23,24)/b15-12-. The quantitative estimate of drug-likeness (QED) is 0.340. The number of para-hydroxylation sites is 1. The Morgan fingerprint density at radius 3 is 2.75 bits per heavy atom. The van der Waals surface area contributed by atoms with Crippen molar-refractivity contribution in [3.8, 4) is 5.75 Å². The molecule has 0 bridgehead atoms. The molecule has 9 heteroatoms. The molecule has 1 aromatic carbocycles. The number of methoxy groups -OCH3 is 1. The molecule has 2 rings (SSSR count). The van der Waals surface area contributed by atoms with Gasteiger partial charge in [0.1, 0.15) is 10.1 Å². The number of rotatable bonds is 10. The summed E-state index contributed by atoms with van der Waals surface area (Å²) in [6.45, 7) is 0.685. The van der Waals surface area contributed by atoms with E-state index in [0.29, 0.717) is 40.9 Å². The van der Waals surface area contributed by atoms with Crippen LogP contribution in [0.25, 0.3) is 6.08 Å². The summed E-state index contributed by atoms with van der Waals surface area (Å²) in [5, 5.41) is 11.2. The third-order valence-corrected chi connectivity index (χ3v) is 5.35. The van der Waals surface area contributed by atoms with Crippen LogP contribution >= 0.6 is 24.0 Å². The highest BCUT2D eigenvalue weighted by atomic mass is 32.2. The van der Waals surface area contributed by atoms with E-state index in [1.165, 1.54) is 16.7 Å². The number of ether oxygens (including phenoxy) is 1. The van der Waals surface area contributed by atoms with Crippen molar-refractivity contribution in [1.29, 1.82) is 0 Å². The number of hydrogen-bond donors (Lipinski definition) is 2. The second-order valence-corrected chi connectivity index (χ2v) is 7.70. The maximum Gasteiger partial charge on any atom is 0.303 e. The second-order valence-electron chi connectivity index (χ2n) is 6.03. The van der Waals surface area contributed by atoms with Gasteiger partial charge in [-0.3, -0.25) is 19.3 Å². The Hall–Kier alpha value is -2.39. The smallest absolute Gasteiger partial charge is 0.303 e. The predicted molar refractivity (Wildman–Crippen MR) is 112 cm³/mol. The molecule has 0 aromatic heterocycles. The van der Waals surface area contributed by atoms with E-state index in [4.69, 9.17) is 22.1 Å². The minimum absolute atomic E-state index is 0.0232. The Balaban J connectivity index is 1.84. The fourth-order valence-corrected chi connectivity index (χ4v) is 3.87. The summed E-state index contributed by atoms with van der Waals surface area (Å²) in [6.07, 6.45) is 2.89. The van der Waals surface area contributed by atoms with Gasteiger partial charge in [0, 0.05) is 31.5 Å². The molecule has 7 nitrogen and oxygen atoms in total. The van der Waals surface area contributed by atoms with Crippen molar-refractivity contribution < 1.29 is 24.2 Å². The molecule has 1 heterocycles. The highest BCUT2D eigenvalue weighted by molar-refractivity contribution is 8.26. The number of carboxylic acids is 1. The molecule has 0 radical (unpaired) electrons. The number of benzene rings is 1. The largest absolute Gasteiger partial charge is 0.496 e. The third-order valence-electron chi connectivity index (χ3n) is 3.97. The van der Waals surface area contributed by atoms with Gasteiger partial charge in [0.2, 0.25) is 5.91 Å². The van der Waals surface area contributed by atoms with Crippen LogP contribution in [0.2, 0.25) is 0 Å². The maximum atomic E-state index is 12.6. The summed E-state index contributed by atoms with van der Waals surface area (Å²) < 4.78 is 5.77. The number of carboxylic acid groups (broad SMARTS) is 1. The fourth-order valence-electron chi connectivity index (χ4n) is 2.57. The number of thioether (sulfide) groups is 1. The topological polar surface area (TPSA) is 95.9 Å². The van der Waals surface area contributed by atoms with Crippen molar-refractivity contribution in [3.05, 3.63) is 34.7 Å². The van der Waals surface area contributed by atoms with Crippen molar-refractivity contribution in [2.45, 2.75) is 25.7 Å². The number of carbonyl (C=O) groups is 3. The number of aliphatic carboxylic acids is 1. The Bertz CT molecular complexity index is 794. The van der Waals surface area contributed by atoms with Crippen LogP contribution in [0.1, 0.15) is 31.2 Å². The first-order valence-electron chi connectivity index (χ1n) is 8.79. The van der Waals surface area contributed by atoms with Gasteiger partial charge >= 0.3 is 5.97 Å². The van der Waals surface area contributed by atoms with Crippen LogP contribution in [0.3, 0.4) is 0 Å². The van der Waals surface area contributed by atoms with Crippen LogP contribution < -0.4 is 10.1 Å². The van der Waals surface area contributed by atoms with Crippen LogP contribution in [-0.2, 0) is 14.4 Å². The maximum absolute atomic E-state index is 12.6. The van der Waals surface area contributed by atoms with Crippen molar-refractivity contribution >= 4 is 52.2 Å². The molecular weight excluding hydrogens is 400 g/mol. The molecule has 2 amide bonds. The Kier molecular flexibility index (Phi) is 8.46. The van der Waals surface area contributed by atoms with E-state index < -0.39 is 5.97 Å². The van der Waals surface area contributed by atoms with E-state index >= 15 is 0 Å². The first-order valence-corrected chi connectivity index (χ1v) is 10.0. The fraction of sp³-hybridized carbons (Fsp3) is 0.368. The summed E-state index contributed by atoms with van der Waals surface area (Å²) in [5.41, 5.74) is 0.797. The zero-order valence-electron chi connectivity index (χ0n) is 15.5. The highest BCUT2D eigenvalue weighted by Gasteiger charge is 2.31. The van der Waals surface area contributed by atoms with Crippen LogP contribution in [0.5, 0.6) is 5.75 Å². The van der Waals surface area contributed by atoms with Gasteiger partial charge in [-0.05, 0) is 25.0 Å². The number of carbonyl (C=O) groups excluding carboxylic acids is 2. The molecule has 1 saturated heterocycles. The molecule has 0 aliphatic carbocycles. The SMILES string of the molecule is COc1ccccc1/C=C1\SC(=S)N(CCCC(=O)NCCCC(=O)O)C1=O.